The van der Waals surface area contributed by atoms with Gasteiger partial charge in [0.25, 0.3) is 0 Å². The number of nitrogens with zero attached hydrogens (tertiary/aromatic N) is 2. The molecule has 0 amide bonds. The van der Waals surface area contributed by atoms with Gasteiger partial charge in [0.05, 0.1) is 6.54 Å². The molecule has 1 fully saturated rings. The molecule has 1 saturated carbocycles. The molecule has 1 heterocycles. The Morgan fingerprint density at radius 2 is 2.42 bits per heavy atom. The van der Waals surface area contributed by atoms with Crippen molar-refractivity contribution in [3.8, 4) is 0 Å². The molecule has 1 aliphatic carbocycles. The van der Waals surface area contributed by atoms with Gasteiger partial charge >= 0.3 is 0 Å². The predicted molar refractivity (Wildman–Crippen MR) is 47.5 cm³/mol. The summed E-state index contributed by atoms with van der Waals surface area (Å²) in [5.41, 5.74) is 5.53. The quantitative estimate of drug-likeness (QED) is 0.727. The molecule has 0 aliphatic heterocycles. The molecular weight excluding hydrogens is 150 g/mol. The van der Waals surface area contributed by atoms with E-state index >= 15 is 0 Å². The van der Waals surface area contributed by atoms with Gasteiger partial charge < -0.3 is 10.3 Å². The maximum atomic E-state index is 5.53. The average Bonchev–Trinajstić information content (AvgIpc) is 2.81. The van der Waals surface area contributed by atoms with Crippen LogP contribution in [0.25, 0.3) is 0 Å². The van der Waals surface area contributed by atoms with E-state index in [1.165, 1.54) is 19.3 Å². The number of aryl methyl sites for hydroxylation is 1. The van der Waals surface area contributed by atoms with E-state index in [4.69, 9.17) is 5.73 Å². The second-order valence-electron chi connectivity index (χ2n) is 3.47. The van der Waals surface area contributed by atoms with Crippen molar-refractivity contribution in [3.05, 3.63) is 18.2 Å². The fourth-order valence-electron chi connectivity index (χ4n) is 1.46. The van der Waals surface area contributed by atoms with Crippen LogP contribution in [0.4, 0.5) is 0 Å². The molecule has 1 aromatic rings. The first-order valence-electron chi connectivity index (χ1n) is 4.60. The summed E-state index contributed by atoms with van der Waals surface area (Å²) in [7, 11) is 0. The Kier molecular flexibility index (Phi) is 2.13. The zero-order chi connectivity index (χ0) is 8.39. The Hall–Kier alpha value is -0.830. The normalized spacial score (nSPS) is 16.8. The van der Waals surface area contributed by atoms with E-state index < -0.39 is 0 Å². The zero-order valence-corrected chi connectivity index (χ0v) is 7.24. The monoisotopic (exact) mass is 165 g/mol. The minimum Gasteiger partial charge on any atom is -0.334 e. The molecule has 1 aromatic heterocycles. The van der Waals surface area contributed by atoms with Gasteiger partial charge in [-0.25, -0.2) is 4.98 Å². The molecule has 0 aromatic carbocycles. The molecular formula is C9H15N3. The Labute approximate surface area is 72.6 Å². The smallest absolute Gasteiger partial charge is 0.122 e. The zero-order valence-electron chi connectivity index (χ0n) is 7.24. The first kappa shape index (κ1) is 7.80. The number of hydrogen-bond acceptors (Lipinski definition) is 2. The molecule has 12 heavy (non-hydrogen) atoms. The lowest BCUT2D eigenvalue weighted by Gasteiger charge is -2.04. The summed E-state index contributed by atoms with van der Waals surface area (Å²) in [6.07, 6.45) is 7.99. The first-order chi connectivity index (χ1) is 5.90. The van der Waals surface area contributed by atoms with E-state index in [1.807, 2.05) is 12.4 Å². The Morgan fingerprint density at radius 3 is 3.08 bits per heavy atom. The van der Waals surface area contributed by atoms with Crippen LogP contribution in [-0.2, 0) is 13.1 Å². The third-order valence-corrected chi connectivity index (χ3v) is 2.46. The molecule has 0 saturated heterocycles. The van der Waals surface area contributed by atoms with Crippen molar-refractivity contribution in [2.24, 2.45) is 11.7 Å². The lowest BCUT2D eigenvalue weighted by molar-refractivity contribution is 0.574. The SMILES string of the molecule is NCc1nccn1CCC1CC1. The Morgan fingerprint density at radius 1 is 1.58 bits per heavy atom. The van der Waals surface area contributed by atoms with Crippen molar-refractivity contribution in [1.82, 2.24) is 9.55 Å². The molecule has 2 N–H and O–H groups in total. The van der Waals surface area contributed by atoms with Crippen LogP contribution in [0.2, 0.25) is 0 Å². The Balaban J connectivity index is 1.91. The number of aromatic nitrogens is 2. The van der Waals surface area contributed by atoms with Crippen LogP contribution in [-0.4, -0.2) is 9.55 Å². The molecule has 0 radical (unpaired) electrons. The number of imidazole rings is 1. The van der Waals surface area contributed by atoms with Crippen LogP contribution in [0.15, 0.2) is 12.4 Å². The summed E-state index contributed by atoms with van der Waals surface area (Å²) in [4.78, 5) is 4.17. The Bertz CT molecular complexity index is 250. The van der Waals surface area contributed by atoms with Crippen molar-refractivity contribution in [1.29, 1.82) is 0 Å². The van der Waals surface area contributed by atoms with E-state index in [2.05, 4.69) is 9.55 Å². The van der Waals surface area contributed by atoms with Crippen LogP contribution in [0, 0.1) is 5.92 Å². The molecule has 3 nitrogen and oxygen atoms in total. The van der Waals surface area contributed by atoms with Crippen LogP contribution < -0.4 is 5.73 Å². The molecule has 0 unspecified atom stereocenters. The summed E-state index contributed by atoms with van der Waals surface area (Å²) in [5.74, 6) is 1.99. The van der Waals surface area contributed by atoms with Gasteiger partial charge in [-0.2, -0.15) is 0 Å². The summed E-state index contributed by atoms with van der Waals surface area (Å²) in [6.45, 7) is 1.65. The fraction of sp³-hybridized carbons (Fsp3) is 0.667. The molecule has 66 valence electrons. The summed E-state index contributed by atoms with van der Waals surface area (Å²) in [6, 6.07) is 0. The second-order valence-corrected chi connectivity index (χ2v) is 3.47. The highest BCUT2D eigenvalue weighted by Crippen LogP contribution is 2.32. The van der Waals surface area contributed by atoms with Gasteiger partial charge in [0.15, 0.2) is 0 Å². The maximum absolute atomic E-state index is 5.53. The molecule has 2 rings (SSSR count). The molecule has 3 heteroatoms. The minimum atomic E-state index is 0.553. The van der Waals surface area contributed by atoms with E-state index in [9.17, 15) is 0 Å². The van der Waals surface area contributed by atoms with Crippen LogP contribution in [0.3, 0.4) is 0 Å². The van der Waals surface area contributed by atoms with Crippen molar-refractivity contribution < 1.29 is 0 Å². The molecule has 0 atom stereocenters. The summed E-state index contributed by atoms with van der Waals surface area (Å²) in [5, 5.41) is 0. The number of rotatable bonds is 4. The lowest BCUT2D eigenvalue weighted by Crippen LogP contribution is -2.08. The third kappa shape index (κ3) is 1.67. The van der Waals surface area contributed by atoms with Gasteiger partial charge in [0, 0.05) is 18.9 Å². The second kappa shape index (κ2) is 3.27. The summed E-state index contributed by atoms with van der Waals surface area (Å²) < 4.78 is 2.16. The van der Waals surface area contributed by atoms with Gasteiger partial charge in [-0.15, -0.1) is 0 Å². The number of hydrogen-bond donors (Lipinski definition) is 1. The van der Waals surface area contributed by atoms with Gasteiger partial charge in [-0.3, -0.25) is 0 Å². The van der Waals surface area contributed by atoms with Crippen molar-refractivity contribution in [2.45, 2.75) is 32.4 Å². The van der Waals surface area contributed by atoms with E-state index in [-0.39, 0.29) is 0 Å². The van der Waals surface area contributed by atoms with Crippen molar-refractivity contribution >= 4 is 0 Å². The van der Waals surface area contributed by atoms with Gasteiger partial charge in [-0.1, -0.05) is 12.8 Å². The fourth-order valence-corrected chi connectivity index (χ4v) is 1.46. The van der Waals surface area contributed by atoms with Crippen LogP contribution in [0.5, 0.6) is 0 Å². The van der Waals surface area contributed by atoms with E-state index in [0.717, 1.165) is 18.3 Å². The third-order valence-electron chi connectivity index (χ3n) is 2.46. The van der Waals surface area contributed by atoms with Crippen LogP contribution in [0.1, 0.15) is 25.1 Å². The van der Waals surface area contributed by atoms with Crippen LogP contribution >= 0.6 is 0 Å². The standard InChI is InChI=1S/C9H15N3/c10-7-9-11-4-6-12(9)5-3-8-1-2-8/h4,6,8H,1-3,5,7,10H2. The lowest BCUT2D eigenvalue weighted by atomic mass is 10.3. The molecule has 0 bridgehead atoms. The van der Waals surface area contributed by atoms with Gasteiger partial charge in [0.2, 0.25) is 0 Å². The van der Waals surface area contributed by atoms with Crippen molar-refractivity contribution in [2.75, 3.05) is 0 Å². The van der Waals surface area contributed by atoms with E-state index in [0.29, 0.717) is 6.54 Å². The molecule has 1 aliphatic rings. The topological polar surface area (TPSA) is 43.8 Å². The molecule has 0 spiro atoms. The van der Waals surface area contributed by atoms with Gasteiger partial charge in [-0.05, 0) is 12.3 Å². The maximum Gasteiger partial charge on any atom is 0.122 e. The largest absolute Gasteiger partial charge is 0.334 e. The van der Waals surface area contributed by atoms with Gasteiger partial charge in [0.1, 0.15) is 5.82 Å². The highest BCUT2D eigenvalue weighted by atomic mass is 15.1. The van der Waals surface area contributed by atoms with Crippen molar-refractivity contribution in [3.63, 3.8) is 0 Å². The first-order valence-corrected chi connectivity index (χ1v) is 4.60. The minimum absolute atomic E-state index is 0.553. The predicted octanol–water partition coefficient (Wildman–Crippen LogP) is 1.14. The van der Waals surface area contributed by atoms with E-state index in [1.54, 1.807) is 0 Å². The highest BCUT2D eigenvalue weighted by Gasteiger charge is 2.20. The highest BCUT2D eigenvalue weighted by molar-refractivity contribution is 4.91. The number of nitrogens with two attached hydrogens (primary N) is 1. The summed E-state index contributed by atoms with van der Waals surface area (Å²) >= 11 is 0. The average molecular weight is 165 g/mol.